The predicted octanol–water partition coefficient (Wildman–Crippen LogP) is 1.54. The minimum absolute atomic E-state index is 0.154. The Kier molecular flexibility index (Phi) is 3.53. The lowest BCUT2D eigenvalue weighted by Gasteiger charge is -2.28. The number of rotatable bonds is 3. The topological polar surface area (TPSA) is 61.9 Å². The van der Waals surface area contributed by atoms with Crippen LogP contribution in [0.4, 0.5) is 0 Å². The molecule has 0 aromatic heterocycles. The zero-order valence-electron chi connectivity index (χ0n) is 7.69. The van der Waals surface area contributed by atoms with Gasteiger partial charge in [-0.25, -0.2) is 0 Å². The molecule has 0 spiro atoms. The van der Waals surface area contributed by atoms with E-state index in [0.717, 1.165) is 0 Å². The Labute approximate surface area is 72.1 Å². The minimum atomic E-state index is -0.387. The lowest BCUT2D eigenvalue weighted by atomic mass is 10.1. The summed E-state index contributed by atoms with van der Waals surface area (Å²) in [5.74, 6) is 0. The van der Waals surface area contributed by atoms with Crippen LogP contribution in [0.5, 0.6) is 0 Å². The zero-order valence-corrected chi connectivity index (χ0v) is 7.69. The highest BCUT2D eigenvalue weighted by atomic mass is 16.6. The van der Waals surface area contributed by atoms with Gasteiger partial charge in [-0.05, 0) is 20.8 Å². The monoisotopic (exact) mass is 173 g/mol. The van der Waals surface area contributed by atoms with E-state index < -0.39 is 0 Å². The van der Waals surface area contributed by atoms with Crippen molar-refractivity contribution in [3.05, 3.63) is 17.9 Å². The summed E-state index contributed by atoms with van der Waals surface area (Å²) in [7, 11) is 0. The van der Waals surface area contributed by atoms with Gasteiger partial charge in [0, 0.05) is 0 Å². The molecule has 0 heterocycles. The van der Waals surface area contributed by atoms with Gasteiger partial charge in [-0.3, -0.25) is 0 Å². The fourth-order valence-electron chi connectivity index (χ4n) is 0.771. The molecule has 0 fully saturated rings. The molecule has 0 amide bonds. The minimum Gasteiger partial charge on any atom is -0.569 e. The third kappa shape index (κ3) is 2.77. The van der Waals surface area contributed by atoms with Gasteiger partial charge in [0.1, 0.15) is 0 Å². The summed E-state index contributed by atoms with van der Waals surface area (Å²) in [6.45, 7) is 9.36. The fraction of sp³-hybridized carbons (Fsp3) is 0.714. The summed E-state index contributed by atoms with van der Waals surface area (Å²) in [5.41, 5.74) is -0.387. The van der Waals surface area contributed by atoms with Crippen molar-refractivity contribution >= 4 is 0 Å². The molecular formula is C7H15N3O2. The first-order chi connectivity index (χ1) is 5.43. The molecule has 0 atom stereocenters. The Morgan fingerprint density at radius 3 is 2.42 bits per heavy atom. The van der Waals surface area contributed by atoms with Crippen molar-refractivity contribution < 1.29 is 10.2 Å². The van der Waals surface area contributed by atoms with Gasteiger partial charge >= 0.3 is 0 Å². The molecule has 5 nitrogen and oxygen atoms in total. The summed E-state index contributed by atoms with van der Waals surface area (Å²) in [5, 5.41) is 23.0. The lowest BCUT2D eigenvalue weighted by Crippen LogP contribution is -2.45. The molecule has 0 radical (unpaired) electrons. The third-order valence-electron chi connectivity index (χ3n) is 1.36. The highest BCUT2D eigenvalue weighted by molar-refractivity contribution is 4.77. The Bertz CT molecular complexity index is 184. The summed E-state index contributed by atoms with van der Waals surface area (Å²) in [4.78, 5) is 0.154. The molecule has 0 aromatic carbocycles. The first-order valence-electron chi connectivity index (χ1n) is 3.64. The first-order valence-corrected chi connectivity index (χ1v) is 3.64. The van der Waals surface area contributed by atoms with Crippen LogP contribution in [0.3, 0.4) is 0 Å². The maximum Gasteiger partial charge on any atom is 0.230 e. The van der Waals surface area contributed by atoms with Crippen LogP contribution < -0.4 is 0 Å². The van der Waals surface area contributed by atoms with Gasteiger partial charge in [0.2, 0.25) is 5.28 Å². The fourth-order valence-corrected chi connectivity index (χ4v) is 0.771. The van der Waals surface area contributed by atoms with E-state index in [0.29, 0.717) is 6.54 Å². The standard InChI is InChI=1S/C7H15N3O2/c1-5-6-9(7(2,3)4)10(12)8-11/h5,11H,1,6H2,2-4H3/b10-8-. The van der Waals surface area contributed by atoms with E-state index >= 15 is 0 Å². The highest BCUT2D eigenvalue weighted by Gasteiger charge is 2.27. The molecule has 5 heteroatoms. The van der Waals surface area contributed by atoms with Crippen molar-refractivity contribution in [1.29, 1.82) is 0 Å². The number of hydrazine groups is 1. The summed E-state index contributed by atoms with van der Waals surface area (Å²) in [6, 6.07) is 0. The van der Waals surface area contributed by atoms with Crippen LogP contribution in [0.2, 0.25) is 0 Å². The first kappa shape index (κ1) is 10.7. The molecule has 0 saturated carbocycles. The zero-order chi connectivity index (χ0) is 9.78. The average Bonchev–Trinajstić information content (AvgIpc) is 1.96. The maximum atomic E-state index is 10.9. The van der Waals surface area contributed by atoms with E-state index in [1.54, 1.807) is 6.08 Å². The molecule has 0 bridgehead atoms. The molecular weight excluding hydrogens is 158 g/mol. The van der Waals surface area contributed by atoms with E-state index in [4.69, 9.17) is 5.21 Å². The van der Waals surface area contributed by atoms with Crippen LogP contribution in [0.15, 0.2) is 17.9 Å². The van der Waals surface area contributed by atoms with Crippen LogP contribution in [-0.2, 0) is 0 Å². The van der Waals surface area contributed by atoms with Crippen LogP contribution in [-0.4, -0.2) is 27.3 Å². The Morgan fingerprint density at radius 1 is 1.67 bits per heavy atom. The molecule has 0 aromatic rings. The van der Waals surface area contributed by atoms with Crippen molar-refractivity contribution in [2.75, 3.05) is 6.54 Å². The lowest BCUT2D eigenvalue weighted by molar-refractivity contribution is -0.722. The van der Waals surface area contributed by atoms with Crippen LogP contribution in [0.1, 0.15) is 20.8 Å². The summed E-state index contributed by atoms with van der Waals surface area (Å²) >= 11 is 0. The van der Waals surface area contributed by atoms with E-state index in [-0.39, 0.29) is 10.5 Å². The molecule has 0 rings (SSSR count). The summed E-state index contributed by atoms with van der Waals surface area (Å²) in [6.07, 6.45) is 1.57. The van der Waals surface area contributed by atoms with Gasteiger partial charge in [0.25, 0.3) is 0 Å². The van der Waals surface area contributed by atoms with Crippen LogP contribution >= 0.6 is 0 Å². The van der Waals surface area contributed by atoms with Crippen molar-refractivity contribution in [2.24, 2.45) is 5.28 Å². The van der Waals surface area contributed by atoms with E-state index in [1.165, 1.54) is 5.01 Å². The van der Waals surface area contributed by atoms with Crippen LogP contribution in [0.25, 0.3) is 0 Å². The average molecular weight is 173 g/mol. The Hall–Kier alpha value is -1.26. The SMILES string of the molecule is C=CCN(/[N+]([O-])=N/O)C(C)(C)C. The van der Waals surface area contributed by atoms with Gasteiger partial charge in [0.15, 0.2) is 0 Å². The second-order valence-electron chi connectivity index (χ2n) is 3.38. The molecule has 0 aliphatic heterocycles. The Balaban J connectivity index is 4.55. The predicted molar refractivity (Wildman–Crippen MR) is 44.5 cm³/mol. The van der Waals surface area contributed by atoms with Crippen molar-refractivity contribution in [1.82, 2.24) is 5.01 Å². The smallest absolute Gasteiger partial charge is 0.230 e. The quantitative estimate of drug-likeness (QED) is 0.305. The highest BCUT2D eigenvalue weighted by Crippen LogP contribution is 2.12. The van der Waals surface area contributed by atoms with Gasteiger partial charge in [-0.15, -0.1) is 11.6 Å². The third-order valence-corrected chi connectivity index (χ3v) is 1.36. The molecule has 0 saturated heterocycles. The van der Waals surface area contributed by atoms with Gasteiger partial charge in [-0.2, -0.15) is 0 Å². The maximum absolute atomic E-state index is 10.9. The number of hydrogen-bond donors (Lipinski definition) is 1. The van der Waals surface area contributed by atoms with Gasteiger partial charge in [0.05, 0.1) is 17.1 Å². The van der Waals surface area contributed by atoms with Gasteiger partial charge in [-0.1, -0.05) is 6.08 Å². The second kappa shape index (κ2) is 3.94. The summed E-state index contributed by atoms with van der Waals surface area (Å²) < 4.78 is 0. The number of hydrogen-bond acceptors (Lipinski definition) is 2. The van der Waals surface area contributed by atoms with E-state index in [2.05, 4.69) is 11.9 Å². The van der Waals surface area contributed by atoms with E-state index in [1.807, 2.05) is 20.8 Å². The second-order valence-corrected chi connectivity index (χ2v) is 3.38. The molecule has 70 valence electrons. The van der Waals surface area contributed by atoms with E-state index in [9.17, 15) is 5.21 Å². The van der Waals surface area contributed by atoms with Gasteiger partial charge < -0.3 is 10.4 Å². The molecule has 12 heavy (non-hydrogen) atoms. The number of nitrogens with zero attached hydrogens (tertiary/aromatic N) is 3. The molecule has 1 N–H and O–H groups in total. The molecule has 0 aliphatic rings. The Morgan fingerprint density at radius 2 is 2.17 bits per heavy atom. The van der Waals surface area contributed by atoms with Crippen LogP contribution in [0, 0.1) is 5.21 Å². The normalized spacial score (nSPS) is 12.8. The van der Waals surface area contributed by atoms with Crippen molar-refractivity contribution in [3.8, 4) is 0 Å². The van der Waals surface area contributed by atoms with Crippen molar-refractivity contribution in [2.45, 2.75) is 26.3 Å². The molecule has 0 aliphatic carbocycles. The molecule has 0 unspecified atom stereocenters. The largest absolute Gasteiger partial charge is 0.569 e. The van der Waals surface area contributed by atoms with Crippen molar-refractivity contribution in [3.63, 3.8) is 0 Å².